The molecule has 0 unspecified atom stereocenters. The van der Waals surface area contributed by atoms with E-state index >= 15 is 0 Å². The van der Waals surface area contributed by atoms with Crippen molar-refractivity contribution in [1.82, 2.24) is 0 Å². The highest BCUT2D eigenvalue weighted by atomic mass is 32.1. The van der Waals surface area contributed by atoms with Gasteiger partial charge in [-0.05, 0) is 23.6 Å². The Morgan fingerprint density at radius 2 is 2.12 bits per heavy atom. The van der Waals surface area contributed by atoms with E-state index in [9.17, 15) is 15.2 Å². The van der Waals surface area contributed by atoms with Crippen LogP contribution in [-0.2, 0) is 0 Å². The van der Waals surface area contributed by atoms with E-state index in [1.165, 1.54) is 35.6 Å². The summed E-state index contributed by atoms with van der Waals surface area (Å²) in [6, 6.07) is 5.89. The maximum atomic E-state index is 10.8. The molecule has 0 spiro atoms. The summed E-state index contributed by atoms with van der Waals surface area (Å²) in [5.41, 5.74) is 6.41. The van der Waals surface area contributed by atoms with Crippen molar-refractivity contribution >= 4 is 22.7 Å². The molecular weight excluding hydrogens is 228 g/mol. The smallest absolute Gasteiger partial charge is 0.288 e. The molecule has 16 heavy (non-hydrogen) atoms. The summed E-state index contributed by atoms with van der Waals surface area (Å²) in [7, 11) is 0. The Morgan fingerprint density at radius 1 is 1.38 bits per heavy atom. The summed E-state index contributed by atoms with van der Waals surface area (Å²) < 4.78 is 0. The van der Waals surface area contributed by atoms with Gasteiger partial charge in [-0.3, -0.25) is 10.1 Å². The van der Waals surface area contributed by atoms with Gasteiger partial charge in [0, 0.05) is 17.3 Å². The van der Waals surface area contributed by atoms with Gasteiger partial charge in [-0.1, -0.05) is 0 Å². The predicted octanol–water partition coefficient (Wildman–Crippen LogP) is 2.61. The third-order valence-electron chi connectivity index (χ3n) is 2.11. The average molecular weight is 236 g/mol. The van der Waals surface area contributed by atoms with E-state index < -0.39 is 4.92 Å². The molecule has 1 aromatic carbocycles. The van der Waals surface area contributed by atoms with Crippen LogP contribution in [-0.4, -0.2) is 10.0 Å². The van der Waals surface area contributed by atoms with Crippen LogP contribution < -0.4 is 5.73 Å². The SMILES string of the molecule is Nc1ccc(O)c(-c2sccc2[N+](=O)[O-])c1. The molecule has 0 bridgehead atoms. The Balaban J connectivity index is 2.62. The van der Waals surface area contributed by atoms with Gasteiger partial charge in [0.1, 0.15) is 10.6 Å². The number of nitrogens with zero attached hydrogens (tertiary/aromatic N) is 1. The van der Waals surface area contributed by atoms with E-state index in [1.807, 2.05) is 0 Å². The van der Waals surface area contributed by atoms with E-state index in [0.29, 0.717) is 16.1 Å². The number of phenols is 1. The molecule has 6 heteroatoms. The zero-order valence-corrected chi connectivity index (χ0v) is 8.90. The summed E-state index contributed by atoms with van der Waals surface area (Å²) in [5.74, 6) is -0.0141. The lowest BCUT2D eigenvalue weighted by Gasteiger charge is -2.03. The lowest BCUT2D eigenvalue weighted by molar-refractivity contribution is -0.383. The third-order valence-corrected chi connectivity index (χ3v) is 3.04. The highest BCUT2D eigenvalue weighted by molar-refractivity contribution is 7.14. The minimum absolute atomic E-state index is 0.0141. The quantitative estimate of drug-likeness (QED) is 0.363. The summed E-state index contributed by atoms with van der Waals surface area (Å²) in [5, 5.41) is 22.0. The number of nitro groups is 1. The molecule has 0 saturated heterocycles. The lowest BCUT2D eigenvalue weighted by atomic mass is 10.1. The van der Waals surface area contributed by atoms with Crippen LogP contribution in [0.2, 0.25) is 0 Å². The van der Waals surface area contributed by atoms with Gasteiger partial charge in [-0.2, -0.15) is 0 Å². The molecule has 0 saturated carbocycles. The number of thiophene rings is 1. The van der Waals surface area contributed by atoms with Crippen LogP contribution in [0.1, 0.15) is 0 Å². The Bertz CT molecular complexity index is 551. The molecule has 0 atom stereocenters. The number of nitrogen functional groups attached to an aromatic ring is 1. The maximum absolute atomic E-state index is 10.8. The van der Waals surface area contributed by atoms with Crippen LogP contribution in [0, 0.1) is 10.1 Å². The molecule has 0 fully saturated rings. The molecule has 0 radical (unpaired) electrons. The number of phenolic OH excluding ortho intramolecular Hbond substituents is 1. The average Bonchev–Trinajstić information content (AvgIpc) is 2.70. The highest BCUT2D eigenvalue weighted by Crippen LogP contribution is 2.40. The molecule has 5 nitrogen and oxygen atoms in total. The minimum Gasteiger partial charge on any atom is -0.507 e. The Kier molecular flexibility index (Phi) is 2.49. The topological polar surface area (TPSA) is 89.4 Å². The van der Waals surface area contributed by atoms with Crippen LogP contribution in [0.25, 0.3) is 10.4 Å². The molecule has 2 rings (SSSR count). The second kappa shape index (κ2) is 3.82. The van der Waals surface area contributed by atoms with Gasteiger partial charge in [0.05, 0.1) is 4.92 Å². The molecule has 0 aliphatic heterocycles. The monoisotopic (exact) mass is 236 g/mol. The summed E-state index contributed by atoms with van der Waals surface area (Å²) in [4.78, 5) is 10.7. The highest BCUT2D eigenvalue weighted by Gasteiger charge is 2.19. The fourth-order valence-electron chi connectivity index (χ4n) is 1.38. The number of nitrogens with two attached hydrogens (primary N) is 1. The van der Waals surface area contributed by atoms with Gasteiger partial charge in [0.15, 0.2) is 0 Å². The van der Waals surface area contributed by atoms with Gasteiger partial charge in [0.2, 0.25) is 0 Å². The van der Waals surface area contributed by atoms with Gasteiger partial charge < -0.3 is 10.8 Å². The van der Waals surface area contributed by atoms with Crippen LogP contribution in [0.3, 0.4) is 0 Å². The molecule has 1 aromatic heterocycles. The first-order valence-electron chi connectivity index (χ1n) is 4.40. The number of hydrogen-bond donors (Lipinski definition) is 2. The van der Waals surface area contributed by atoms with Gasteiger partial charge in [-0.25, -0.2) is 0 Å². The first-order valence-corrected chi connectivity index (χ1v) is 5.28. The number of anilines is 1. The third kappa shape index (κ3) is 1.70. The van der Waals surface area contributed by atoms with E-state index in [2.05, 4.69) is 0 Å². The van der Waals surface area contributed by atoms with Crippen LogP contribution >= 0.6 is 11.3 Å². The molecule has 0 amide bonds. The summed E-state index contributed by atoms with van der Waals surface area (Å²) in [6.45, 7) is 0. The van der Waals surface area contributed by atoms with Crippen molar-refractivity contribution < 1.29 is 10.0 Å². The number of benzene rings is 1. The van der Waals surface area contributed by atoms with Crippen molar-refractivity contribution in [2.24, 2.45) is 0 Å². The fourth-order valence-corrected chi connectivity index (χ4v) is 2.27. The first kappa shape index (κ1) is 10.4. The van der Waals surface area contributed by atoms with Crippen LogP contribution in [0.4, 0.5) is 11.4 Å². The first-order chi connectivity index (χ1) is 7.59. The number of rotatable bonds is 2. The maximum Gasteiger partial charge on any atom is 0.288 e. The van der Waals surface area contributed by atoms with E-state index in [1.54, 1.807) is 5.38 Å². The number of hydrogen-bond acceptors (Lipinski definition) is 5. The molecular formula is C10H8N2O3S. The summed E-state index contributed by atoms with van der Waals surface area (Å²) in [6.07, 6.45) is 0. The normalized spacial score (nSPS) is 10.2. The van der Waals surface area contributed by atoms with E-state index in [4.69, 9.17) is 5.73 Å². The summed E-state index contributed by atoms with van der Waals surface area (Å²) >= 11 is 1.20. The second-order valence-electron chi connectivity index (χ2n) is 3.17. The zero-order chi connectivity index (χ0) is 11.7. The van der Waals surface area contributed by atoms with E-state index in [-0.39, 0.29) is 11.4 Å². The molecule has 0 aliphatic rings. The van der Waals surface area contributed by atoms with Gasteiger partial charge >= 0.3 is 0 Å². The Hall–Kier alpha value is -2.08. The zero-order valence-electron chi connectivity index (χ0n) is 8.08. The Morgan fingerprint density at radius 3 is 2.81 bits per heavy atom. The standard InChI is InChI=1S/C10H8N2O3S/c11-6-1-2-9(13)7(5-6)10-8(12(14)15)3-4-16-10/h1-5,13H,11H2. The predicted molar refractivity (Wildman–Crippen MR) is 62.5 cm³/mol. The van der Waals surface area contributed by atoms with Crippen LogP contribution in [0.5, 0.6) is 5.75 Å². The molecule has 2 aromatic rings. The molecule has 3 N–H and O–H groups in total. The van der Waals surface area contributed by atoms with Crippen molar-refractivity contribution in [2.45, 2.75) is 0 Å². The van der Waals surface area contributed by atoms with Gasteiger partial charge in [0.25, 0.3) is 5.69 Å². The van der Waals surface area contributed by atoms with Crippen LogP contribution in [0.15, 0.2) is 29.6 Å². The molecule has 82 valence electrons. The van der Waals surface area contributed by atoms with Crippen molar-refractivity contribution in [3.63, 3.8) is 0 Å². The number of aromatic hydroxyl groups is 1. The van der Waals surface area contributed by atoms with Gasteiger partial charge in [-0.15, -0.1) is 11.3 Å². The van der Waals surface area contributed by atoms with Crippen molar-refractivity contribution in [2.75, 3.05) is 5.73 Å². The van der Waals surface area contributed by atoms with Crippen molar-refractivity contribution in [3.05, 3.63) is 39.8 Å². The fraction of sp³-hybridized carbons (Fsp3) is 0. The molecule has 0 aliphatic carbocycles. The Labute approximate surface area is 94.9 Å². The molecule has 1 heterocycles. The second-order valence-corrected chi connectivity index (χ2v) is 4.08. The largest absolute Gasteiger partial charge is 0.507 e. The van der Waals surface area contributed by atoms with Crippen molar-refractivity contribution in [3.8, 4) is 16.2 Å². The lowest BCUT2D eigenvalue weighted by Crippen LogP contribution is -1.89. The minimum atomic E-state index is -0.478. The van der Waals surface area contributed by atoms with Crippen molar-refractivity contribution in [1.29, 1.82) is 0 Å². The van der Waals surface area contributed by atoms with E-state index in [0.717, 1.165) is 0 Å².